The first-order valence-corrected chi connectivity index (χ1v) is 34.0. The summed E-state index contributed by atoms with van der Waals surface area (Å²) >= 11 is 58.7. The van der Waals surface area contributed by atoms with E-state index in [1.165, 1.54) is 30.3 Å². The highest BCUT2D eigenvalue weighted by atomic mass is 79.9. The van der Waals surface area contributed by atoms with Crippen molar-refractivity contribution < 1.29 is 37.4 Å². The molecule has 3 heterocycles. The summed E-state index contributed by atoms with van der Waals surface area (Å²) in [5.41, 5.74) is 7.46. The molecule has 0 radical (unpaired) electrons. The Bertz CT molecular complexity index is 4090. The number of benzene rings is 9. The van der Waals surface area contributed by atoms with Gasteiger partial charge in [-0.25, -0.2) is 26.3 Å². The van der Waals surface area contributed by atoms with E-state index >= 15 is 0 Å². The molecule has 0 saturated carbocycles. The highest BCUT2D eigenvalue weighted by Gasteiger charge is 2.39. The van der Waals surface area contributed by atoms with Gasteiger partial charge in [-0.1, -0.05) is 157 Å². The molecule has 12 rings (SSSR count). The van der Waals surface area contributed by atoms with Gasteiger partial charge in [-0.3, -0.25) is 9.59 Å². The SMILES string of the molecule is Fc1ccc(CBr)cc1F.Fc1ccc(C[C@@H]2CC[C@@H](c3ccc(Cl)cc3Cl)N(c3ccc(Cl)cc3)C2)cc1F.O=C1CCCC(c2ccc(Cl)cc2Cl)N1c1ccc(Cl)cc1.O=C1[C@H](Cc2ccc(F)c(F)c2)CC[C@@H](c2ccc(Cl)cc2Cl)N1c1ccc(Cl)cc1.[3HH]. The Kier molecular flexibility index (Phi) is 25.7. The molecule has 3 aliphatic heterocycles. The van der Waals surface area contributed by atoms with Crippen LogP contribution in [0.2, 0.25) is 45.2 Å². The van der Waals surface area contributed by atoms with E-state index in [0.29, 0.717) is 99.8 Å². The molecule has 1 unspecified atom stereocenters. The number of carbonyl (C=O) groups excluding carboxylic acids is 2. The summed E-state index contributed by atoms with van der Waals surface area (Å²) in [6.07, 6.45) is 6.36. The molecule has 5 atom stereocenters. The number of amides is 2. The maximum atomic E-state index is 13.7. The number of alkyl halides is 1. The average Bonchev–Trinajstić information content (AvgIpc) is 0.797. The number of nitrogens with zero attached hydrogens (tertiary/aromatic N) is 3. The number of halogens is 16. The van der Waals surface area contributed by atoms with Gasteiger partial charge < -0.3 is 14.7 Å². The lowest BCUT2D eigenvalue weighted by molar-refractivity contribution is -0.124. The van der Waals surface area contributed by atoms with E-state index in [9.17, 15) is 35.9 Å². The fourth-order valence-electron chi connectivity index (χ4n) is 11.8. The van der Waals surface area contributed by atoms with E-state index in [-0.39, 0.29) is 37.3 Å². The molecule has 3 fully saturated rings. The van der Waals surface area contributed by atoms with Gasteiger partial charge in [-0.2, -0.15) is 0 Å². The summed E-state index contributed by atoms with van der Waals surface area (Å²) in [5.74, 6) is -5.11. The van der Waals surface area contributed by atoms with Crippen molar-refractivity contribution in [3.8, 4) is 0 Å². The number of hydrogen-bond acceptors (Lipinski definition) is 3. The Morgan fingerprint density at radius 2 is 0.774 bits per heavy atom. The van der Waals surface area contributed by atoms with Gasteiger partial charge in [0.25, 0.3) is 0 Å². The fourth-order valence-corrected chi connectivity index (χ4v) is 14.1. The molecule has 486 valence electrons. The average molecular weight is 1510 g/mol. The lowest BCUT2D eigenvalue weighted by atomic mass is 9.84. The van der Waals surface area contributed by atoms with Gasteiger partial charge in [-0.15, -0.1) is 0 Å². The number of hydrogen-bond donors (Lipinski definition) is 0. The van der Waals surface area contributed by atoms with Crippen LogP contribution >= 0.6 is 120 Å². The number of rotatable bonds is 11. The summed E-state index contributed by atoms with van der Waals surface area (Å²) in [6, 6.07) is 49.8. The third-order valence-electron chi connectivity index (χ3n) is 16.3. The predicted octanol–water partition coefficient (Wildman–Crippen LogP) is 24.8. The highest BCUT2D eigenvalue weighted by Crippen LogP contribution is 2.45. The van der Waals surface area contributed by atoms with Gasteiger partial charge in [0, 0.05) is 87.9 Å². The van der Waals surface area contributed by atoms with Crippen LogP contribution in [0.4, 0.5) is 43.4 Å². The topological polar surface area (TPSA) is 43.9 Å². The Balaban J connectivity index is 0.000000169. The minimum Gasteiger partial charge on any atom is -0.364 e. The zero-order valence-corrected chi connectivity index (χ0v) is 57.6. The molecule has 2 amide bonds. The molecule has 9 aromatic rings. The summed E-state index contributed by atoms with van der Waals surface area (Å²) in [4.78, 5) is 31.9. The van der Waals surface area contributed by atoms with Crippen molar-refractivity contribution >= 4 is 149 Å². The summed E-state index contributed by atoms with van der Waals surface area (Å²) in [7, 11) is 0. The molecule has 93 heavy (non-hydrogen) atoms. The second-order valence-electron chi connectivity index (χ2n) is 22.5. The van der Waals surface area contributed by atoms with Gasteiger partial charge in [0.1, 0.15) is 0 Å². The first-order chi connectivity index (χ1) is 44.5. The summed E-state index contributed by atoms with van der Waals surface area (Å²) in [5, 5.41) is 5.87. The van der Waals surface area contributed by atoms with Gasteiger partial charge in [-0.05, 0) is 236 Å². The molecule has 0 N–H and O–H groups in total. The Hall–Kier alpha value is -5.61. The van der Waals surface area contributed by atoms with Crippen molar-refractivity contribution in [3.63, 3.8) is 0 Å². The first kappa shape index (κ1) is 71.7. The zero-order valence-electron chi connectivity index (χ0n) is 49.2. The molecule has 0 spiro atoms. The van der Waals surface area contributed by atoms with E-state index in [1.54, 1.807) is 71.6 Å². The van der Waals surface area contributed by atoms with Gasteiger partial charge in [0.2, 0.25) is 11.8 Å². The van der Waals surface area contributed by atoms with E-state index in [4.69, 9.17) is 104 Å². The predicted molar refractivity (Wildman–Crippen MR) is 375 cm³/mol. The van der Waals surface area contributed by atoms with Crippen molar-refractivity contribution in [2.24, 2.45) is 11.8 Å². The van der Waals surface area contributed by atoms with Crippen molar-refractivity contribution in [3.05, 3.63) is 295 Å². The van der Waals surface area contributed by atoms with Crippen molar-refractivity contribution in [1.29, 1.82) is 0 Å². The monoisotopic (exact) mass is 1510 g/mol. The molecule has 0 aliphatic carbocycles. The van der Waals surface area contributed by atoms with E-state index in [2.05, 4.69) is 20.8 Å². The highest BCUT2D eigenvalue weighted by molar-refractivity contribution is 9.08. The molecule has 3 saturated heterocycles. The van der Waals surface area contributed by atoms with Crippen LogP contribution in [0.5, 0.6) is 0 Å². The van der Waals surface area contributed by atoms with Crippen LogP contribution in [0.15, 0.2) is 182 Å². The Morgan fingerprint density at radius 1 is 0.387 bits per heavy atom. The number of piperidine rings is 3. The van der Waals surface area contributed by atoms with Crippen LogP contribution < -0.4 is 14.7 Å². The molecular weight excluding hydrogens is 1450 g/mol. The Morgan fingerprint density at radius 3 is 1.23 bits per heavy atom. The van der Waals surface area contributed by atoms with Crippen LogP contribution in [0.3, 0.4) is 0 Å². The van der Waals surface area contributed by atoms with Gasteiger partial charge in [0.15, 0.2) is 34.9 Å². The molecule has 0 aromatic heterocycles. The second kappa shape index (κ2) is 33.4. The lowest BCUT2D eigenvalue weighted by Gasteiger charge is -2.42. The van der Waals surface area contributed by atoms with E-state index < -0.39 is 34.9 Å². The molecule has 5 nitrogen and oxygen atoms in total. The largest absolute Gasteiger partial charge is 0.364 e. The smallest absolute Gasteiger partial charge is 0.231 e. The van der Waals surface area contributed by atoms with Crippen molar-refractivity contribution in [1.82, 2.24) is 0 Å². The fraction of sp³-hybridized carbons (Fsp3) is 0.222. The van der Waals surface area contributed by atoms with Crippen LogP contribution in [-0.4, -0.2) is 18.4 Å². The quantitative estimate of drug-likeness (QED) is 0.0957. The van der Waals surface area contributed by atoms with Crippen LogP contribution in [0.25, 0.3) is 0 Å². The standard InChI is InChI=1S/C24H18Cl3F2NO.C24H20Cl3F2N.C17H14Cl3NO.C7H5BrF2.H2/c25-16-3-6-18(7-4-16)30-23(19-8-5-17(26)13-20(19)27)10-2-15(24(30)31)11-14-1-9-21(28)22(29)12-14;25-17-3-6-19(7-4-17)30-14-16(11-15-1-9-22(28)23(29)12-15)2-10-24(30)20-8-5-18(26)13-21(20)27;18-11-4-7-13(8-5-11)21-16(2-1-3-17(21)22)14-9-6-12(19)10-15(14)20;8-4-5-1-2-6(9)7(10)3-5;/h1,3-9,12-13,15,23H,2,10-11H2;1,3-9,12-13,16,24H,2,10-11,14H2;4-10,16H,1-3H2;1-3H,4H2;1H/t15-,23-;16-,24-;;;/m00.../s1/i;;;;1+2. The normalized spacial score (nSPS) is 18.0. The maximum absolute atomic E-state index is 13.7. The van der Waals surface area contributed by atoms with Gasteiger partial charge >= 0.3 is 0 Å². The molecule has 9 aromatic carbocycles. The number of carbonyl (C=O) groups is 2. The summed E-state index contributed by atoms with van der Waals surface area (Å²) < 4.78 is 78.5. The zero-order chi connectivity index (χ0) is 66.6. The van der Waals surface area contributed by atoms with Crippen molar-refractivity contribution in [2.75, 3.05) is 21.2 Å². The third-order valence-corrected chi connectivity index (χ3v) is 19.4. The van der Waals surface area contributed by atoms with Gasteiger partial charge in [0.05, 0.1) is 18.1 Å². The van der Waals surface area contributed by atoms with E-state index in [0.717, 1.165) is 89.6 Å². The molecule has 21 heteroatoms. The van der Waals surface area contributed by atoms with Crippen molar-refractivity contribution in [2.45, 2.75) is 81.2 Å². The van der Waals surface area contributed by atoms with E-state index in [1.807, 2.05) is 71.6 Å². The third kappa shape index (κ3) is 18.9. The Labute approximate surface area is 591 Å². The first-order valence-electron chi connectivity index (χ1n) is 29.4. The lowest BCUT2D eigenvalue weighted by Crippen LogP contribution is -2.44. The minimum atomic E-state index is -0.916. The van der Waals surface area contributed by atoms with Crippen LogP contribution in [0, 0.1) is 46.7 Å². The summed E-state index contributed by atoms with van der Waals surface area (Å²) in [6.45, 7) is 0.768. The number of anilines is 3. The van der Waals surface area contributed by atoms with Crippen LogP contribution in [0.1, 0.15) is 97.9 Å². The molecule has 3 aliphatic rings. The second-order valence-corrected chi connectivity index (χ2v) is 26.9. The molecule has 0 bridgehead atoms. The maximum Gasteiger partial charge on any atom is 0.231 e. The van der Waals surface area contributed by atoms with Crippen LogP contribution in [-0.2, 0) is 27.8 Å². The molecular formula is C72H59BrCl9F6N3O2. The minimum absolute atomic E-state index is 0.